The summed E-state index contributed by atoms with van der Waals surface area (Å²) >= 11 is 0. The maximum Gasteiger partial charge on any atom is 0.416 e. The largest absolute Gasteiger partial charge is 0.416 e. The number of alkyl halides is 3. The Morgan fingerprint density at radius 3 is 2.64 bits per heavy atom. The van der Waals surface area contributed by atoms with Gasteiger partial charge >= 0.3 is 6.18 Å². The molecule has 128 valence electrons. The van der Waals surface area contributed by atoms with Crippen LogP contribution in [0.2, 0.25) is 0 Å². The van der Waals surface area contributed by atoms with Crippen LogP contribution < -0.4 is 5.32 Å². The van der Waals surface area contributed by atoms with Crippen molar-refractivity contribution in [3.8, 4) is 11.4 Å². The Balaban J connectivity index is 1.66. The Morgan fingerprint density at radius 2 is 1.92 bits per heavy atom. The minimum atomic E-state index is -4.51. The highest BCUT2D eigenvalue weighted by Gasteiger charge is 2.30. The molecule has 3 aromatic rings. The molecule has 0 aliphatic heterocycles. The highest BCUT2D eigenvalue weighted by Crippen LogP contribution is 2.29. The first-order valence-corrected chi connectivity index (χ1v) is 7.12. The molecule has 0 saturated heterocycles. The molecule has 6 nitrogen and oxygen atoms in total. The van der Waals surface area contributed by atoms with Crippen molar-refractivity contribution >= 4 is 5.91 Å². The van der Waals surface area contributed by atoms with Crippen LogP contribution in [0.25, 0.3) is 11.4 Å². The molecule has 2 heterocycles. The van der Waals surface area contributed by atoms with Crippen LogP contribution in [0.4, 0.5) is 13.2 Å². The van der Waals surface area contributed by atoms with Crippen LogP contribution in [-0.4, -0.2) is 21.0 Å². The fraction of sp³-hybridized carbons (Fsp3) is 0.125. The molecule has 1 amide bonds. The van der Waals surface area contributed by atoms with E-state index in [1.165, 1.54) is 12.1 Å². The Labute approximate surface area is 139 Å². The average molecular weight is 348 g/mol. The third-order valence-corrected chi connectivity index (χ3v) is 3.26. The second-order valence-electron chi connectivity index (χ2n) is 5.01. The second kappa shape index (κ2) is 6.71. The number of rotatable bonds is 4. The summed E-state index contributed by atoms with van der Waals surface area (Å²) in [5.74, 6) is -0.215. The zero-order chi connectivity index (χ0) is 17.9. The number of hydrogen-bond acceptors (Lipinski definition) is 5. The number of benzene rings is 1. The predicted molar refractivity (Wildman–Crippen MR) is 80.1 cm³/mol. The Bertz CT molecular complexity index is 878. The molecule has 0 atom stereocenters. The SMILES string of the molecule is O=C(NCc1nc(-c2ccncc2)no1)c1cccc(C(F)(F)F)c1. The van der Waals surface area contributed by atoms with Gasteiger partial charge in [0.2, 0.25) is 11.7 Å². The van der Waals surface area contributed by atoms with Gasteiger partial charge in [0.25, 0.3) is 5.91 Å². The summed E-state index contributed by atoms with van der Waals surface area (Å²) in [4.78, 5) is 20.0. The first-order chi connectivity index (χ1) is 11.9. The van der Waals surface area contributed by atoms with Gasteiger partial charge in [0.05, 0.1) is 12.1 Å². The lowest BCUT2D eigenvalue weighted by Crippen LogP contribution is -2.23. The summed E-state index contributed by atoms with van der Waals surface area (Å²) in [5, 5.41) is 6.21. The number of carbonyl (C=O) groups is 1. The summed E-state index contributed by atoms with van der Waals surface area (Å²) in [5.41, 5.74) is -0.309. The Morgan fingerprint density at radius 1 is 1.16 bits per heavy atom. The van der Waals surface area contributed by atoms with Crippen LogP contribution in [0.5, 0.6) is 0 Å². The van der Waals surface area contributed by atoms with Gasteiger partial charge in [0.1, 0.15) is 0 Å². The molecule has 0 radical (unpaired) electrons. The molecular formula is C16H11F3N4O2. The Kier molecular flexibility index (Phi) is 4.46. The molecule has 1 aromatic carbocycles. The van der Waals surface area contributed by atoms with Gasteiger partial charge in [0, 0.05) is 23.5 Å². The molecule has 0 saturated carbocycles. The highest BCUT2D eigenvalue weighted by molar-refractivity contribution is 5.94. The summed E-state index contributed by atoms with van der Waals surface area (Å²) in [6, 6.07) is 7.53. The van der Waals surface area contributed by atoms with Crippen molar-refractivity contribution in [3.63, 3.8) is 0 Å². The van der Waals surface area contributed by atoms with E-state index in [4.69, 9.17) is 4.52 Å². The smallest absolute Gasteiger partial charge is 0.343 e. The van der Waals surface area contributed by atoms with Crippen molar-refractivity contribution in [2.75, 3.05) is 0 Å². The van der Waals surface area contributed by atoms with Crippen LogP contribution >= 0.6 is 0 Å². The number of hydrogen-bond donors (Lipinski definition) is 1. The third kappa shape index (κ3) is 4.00. The average Bonchev–Trinajstić information content (AvgIpc) is 3.09. The summed E-state index contributed by atoms with van der Waals surface area (Å²) in [6.45, 7) is -0.104. The van der Waals surface area contributed by atoms with Crippen molar-refractivity contribution in [1.82, 2.24) is 20.4 Å². The van der Waals surface area contributed by atoms with Crippen LogP contribution in [-0.2, 0) is 12.7 Å². The number of halogens is 3. The van der Waals surface area contributed by atoms with E-state index in [-0.39, 0.29) is 18.0 Å². The van der Waals surface area contributed by atoms with Gasteiger partial charge in [-0.15, -0.1) is 0 Å². The van der Waals surface area contributed by atoms with Crippen molar-refractivity contribution < 1.29 is 22.5 Å². The highest BCUT2D eigenvalue weighted by atomic mass is 19.4. The number of nitrogens with one attached hydrogen (secondary N) is 1. The predicted octanol–water partition coefficient (Wildman–Crippen LogP) is 3.08. The van der Waals surface area contributed by atoms with Crippen LogP contribution in [0.1, 0.15) is 21.8 Å². The van der Waals surface area contributed by atoms with Crippen molar-refractivity contribution in [2.45, 2.75) is 12.7 Å². The van der Waals surface area contributed by atoms with Crippen molar-refractivity contribution in [2.24, 2.45) is 0 Å². The fourth-order valence-corrected chi connectivity index (χ4v) is 2.04. The molecule has 1 N–H and O–H groups in total. The minimum absolute atomic E-state index is 0.104. The van der Waals surface area contributed by atoms with Gasteiger partial charge in [0.15, 0.2) is 0 Å². The van der Waals surface area contributed by atoms with Crippen molar-refractivity contribution in [3.05, 3.63) is 65.8 Å². The van der Waals surface area contributed by atoms with E-state index < -0.39 is 17.6 Å². The Hall–Kier alpha value is -3.23. The monoisotopic (exact) mass is 348 g/mol. The molecule has 3 rings (SSSR count). The first-order valence-electron chi connectivity index (χ1n) is 7.12. The molecular weight excluding hydrogens is 337 g/mol. The third-order valence-electron chi connectivity index (χ3n) is 3.26. The number of amides is 1. The van der Waals surface area contributed by atoms with E-state index in [1.807, 2.05) is 0 Å². The first kappa shape index (κ1) is 16.6. The molecule has 25 heavy (non-hydrogen) atoms. The van der Waals surface area contributed by atoms with Gasteiger partial charge < -0.3 is 9.84 Å². The minimum Gasteiger partial charge on any atom is -0.343 e. The normalized spacial score (nSPS) is 11.3. The number of aromatic nitrogens is 3. The molecule has 0 unspecified atom stereocenters. The zero-order valence-electron chi connectivity index (χ0n) is 12.6. The van der Waals surface area contributed by atoms with E-state index in [0.717, 1.165) is 12.1 Å². The lowest BCUT2D eigenvalue weighted by atomic mass is 10.1. The second-order valence-corrected chi connectivity index (χ2v) is 5.01. The summed E-state index contributed by atoms with van der Waals surface area (Å²) in [6.07, 6.45) is -1.37. The lowest BCUT2D eigenvalue weighted by Gasteiger charge is -2.08. The van der Waals surface area contributed by atoms with E-state index >= 15 is 0 Å². The van der Waals surface area contributed by atoms with Crippen LogP contribution in [0.15, 0.2) is 53.3 Å². The van der Waals surface area contributed by atoms with Gasteiger partial charge in [-0.1, -0.05) is 11.2 Å². The molecule has 0 spiro atoms. The van der Waals surface area contributed by atoms with E-state index in [1.54, 1.807) is 24.5 Å². The molecule has 9 heteroatoms. The van der Waals surface area contributed by atoms with Crippen molar-refractivity contribution in [1.29, 1.82) is 0 Å². The summed E-state index contributed by atoms with van der Waals surface area (Å²) < 4.78 is 43.0. The number of nitrogens with zero attached hydrogens (tertiary/aromatic N) is 3. The standard InChI is InChI=1S/C16H11F3N4O2/c17-16(18,19)12-3-1-2-11(8-12)15(24)21-9-13-22-14(23-25-13)10-4-6-20-7-5-10/h1-8H,9H2,(H,21,24). The van der Waals surface area contributed by atoms with Crippen LogP contribution in [0, 0.1) is 0 Å². The number of pyridine rings is 1. The molecule has 0 aliphatic rings. The molecule has 0 fully saturated rings. The van der Waals surface area contributed by atoms with Gasteiger partial charge in [-0.05, 0) is 30.3 Å². The maximum atomic E-state index is 12.7. The number of carbonyl (C=O) groups excluding carboxylic acids is 1. The topological polar surface area (TPSA) is 80.9 Å². The van der Waals surface area contributed by atoms with E-state index in [9.17, 15) is 18.0 Å². The maximum absolute atomic E-state index is 12.7. The van der Waals surface area contributed by atoms with Crippen LogP contribution in [0.3, 0.4) is 0 Å². The quantitative estimate of drug-likeness (QED) is 0.784. The lowest BCUT2D eigenvalue weighted by molar-refractivity contribution is -0.137. The fourth-order valence-electron chi connectivity index (χ4n) is 2.04. The molecule has 0 bridgehead atoms. The zero-order valence-corrected chi connectivity index (χ0v) is 12.6. The van der Waals surface area contributed by atoms with Gasteiger partial charge in [-0.3, -0.25) is 9.78 Å². The molecule has 2 aromatic heterocycles. The summed E-state index contributed by atoms with van der Waals surface area (Å²) in [7, 11) is 0. The van der Waals surface area contributed by atoms with E-state index in [0.29, 0.717) is 11.4 Å². The molecule has 0 aliphatic carbocycles. The van der Waals surface area contributed by atoms with E-state index in [2.05, 4.69) is 20.4 Å². The van der Waals surface area contributed by atoms with Gasteiger partial charge in [-0.25, -0.2) is 0 Å². The van der Waals surface area contributed by atoms with Gasteiger partial charge in [-0.2, -0.15) is 18.2 Å².